The van der Waals surface area contributed by atoms with Crippen molar-refractivity contribution in [3.05, 3.63) is 83.8 Å². The molecule has 9 heteroatoms. The van der Waals surface area contributed by atoms with Gasteiger partial charge in [0.2, 0.25) is 15.9 Å². The third-order valence-electron chi connectivity index (χ3n) is 4.95. The topological polar surface area (TPSA) is 98.1 Å². The van der Waals surface area contributed by atoms with Crippen molar-refractivity contribution < 1.29 is 27.1 Å². The minimum Gasteiger partial charge on any atom is -0.493 e. The summed E-state index contributed by atoms with van der Waals surface area (Å²) in [6, 6.07) is 15.2. The van der Waals surface area contributed by atoms with Gasteiger partial charge < -0.3 is 18.8 Å². The van der Waals surface area contributed by atoms with E-state index in [0.29, 0.717) is 36.0 Å². The van der Waals surface area contributed by atoms with Gasteiger partial charge in [-0.2, -0.15) is 0 Å². The third kappa shape index (κ3) is 6.72. The first-order valence-electron chi connectivity index (χ1n) is 10.7. The molecule has 2 aromatic carbocycles. The van der Waals surface area contributed by atoms with Crippen LogP contribution in [0.3, 0.4) is 0 Å². The number of carbonyl (C=O) groups is 1. The molecule has 0 unspecified atom stereocenters. The quantitative estimate of drug-likeness (QED) is 0.415. The number of carbonyl (C=O) groups excluding carboxylic acids is 1. The van der Waals surface area contributed by atoms with Crippen LogP contribution in [-0.2, 0) is 27.9 Å². The fourth-order valence-corrected chi connectivity index (χ4v) is 4.15. The maximum absolute atomic E-state index is 12.5. The van der Waals surface area contributed by atoms with Gasteiger partial charge in [0.05, 0.1) is 31.4 Å². The molecule has 34 heavy (non-hydrogen) atoms. The summed E-state index contributed by atoms with van der Waals surface area (Å²) in [4.78, 5) is 14.2. The Labute approximate surface area is 199 Å². The van der Waals surface area contributed by atoms with Gasteiger partial charge in [-0.3, -0.25) is 4.79 Å². The zero-order chi connectivity index (χ0) is 24.6. The van der Waals surface area contributed by atoms with Crippen LogP contribution in [0.5, 0.6) is 11.5 Å². The monoisotopic (exact) mass is 484 g/mol. The average molecular weight is 485 g/mol. The van der Waals surface area contributed by atoms with Crippen LogP contribution in [0.4, 0.5) is 0 Å². The molecule has 0 aliphatic heterocycles. The lowest BCUT2D eigenvalue weighted by Gasteiger charge is -2.17. The molecule has 0 aliphatic rings. The molecular weight excluding hydrogens is 456 g/mol. The summed E-state index contributed by atoms with van der Waals surface area (Å²) >= 11 is 0. The van der Waals surface area contributed by atoms with Crippen molar-refractivity contribution in [3.63, 3.8) is 0 Å². The number of ether oxygens (including phenoxy) is 2. The van der Waals surface area contributed by atoms with E-state index < -0.39 is 10.0 Å². The zero-order valence-electron chi connectivity index (χ0n) is 19.4. The Hall–Kier alpha value is -3.56. The van der Waals surface area contributed by atoms with E-state index in [1.807, 2.05) is 25.1 Å². The number of furan rings is 1. The molecule has 3 rings (SSSR count). The summed E-state index contributed by atoms with van der Waals surface area (Å²) in [5.74, 6) is 1.60. The summed E-state index contributed by atoms with van der Waals surface area (Å²) < 4.78 is 43.3. The number of methoxy groups -OCH3 is 1. The molecule has 0 spiro atoms. The van der Waals surface area contributed by atoms with E-state index in [-0.39, 0.29) is 17.3 Å². The van der Waals surface area contributed by atoms with Gasteiger partial charge in [-0.25, -0.2) is 13.1 Å². The highest BCUT2D eigenvalue weighted by molar-refractivity contribution is 7.89. The van der Waals surface area contributed by atoms with E-state index in [1.165, 1.54) is 24.5 Å². The molecule has 0 aliphatic carbocycles. The Balaban J connectivity index is 1.58. The Kier molecular flexibility index (Phi) is 8.50. The lowest BCUT2D eigenvalue weighted by Crippen LogP contribution is -2.24. The minimum atomic E-state index is -3.67. The molecule has 0 bridgehead atoms. The van der Waals surface area contributed by atoms with Gasteiger partial charge in [0.25, 0.3) is 0 Å². The molecule has 0 radical (unpaired) electrons. The number of nitrogens with one attached hydrogen (secondary N) is 1. The Morgan fingerprint density at radius 1 is 1.12 bits per heavy atom. The Morgan fingerprint density at radius 2 is 1.88 bits per heavy atom. The van der Waals surface area contributed by atoms with Crippen LogP contribution in [0.25, 0.3) is 6.08 Å². The number of hydrogen-bond acceptors (Lipinski definition) is 6. The third-order valence-corrected chi connectivity index (χ3v) is 6.37. The first-order chi connectivity index (χ1) is 16.3. The predicted molar refractivity (Wildman–Crippen MR) is 129 cm³/mol. The van der Waals surface area contributed by atoms with Crippen LogP contribution in [0.1, 0.15) is 23.8 Å². The predicted octanol–water partition coefficient (Wildman–Crippen LogP) is 3.84. The first-order valence-corrected chi connectivity index (χ1v) is 12.2. The molecule has 1 heterocycles. The normalized spacial score (nSPS) is 11.5. The van der Waals surface area contributed by atoms with E-state index in [0.717, 1.165) is 5.56 Å². The van der Waals surface area contributed by atoms with E-state index >= 15 is 0 Å². The zero-order valence-corrected chi connectivity index (χ0v) is 20.2. The van der Waals surface area contributed by atoms with E-state index in [9.17, 15) is 13.2 Å². The van der Waals surface area contributed by atoms with Crippen molar-refractivity contribution in [2.24, 2.45) is 0 Å². The number of benzene rings is 2. The molecule has 1 aromatic heterocycles. The van der Waals surface area contributed by atoms with Gasteiger partial charge in [-0.05, 0) is 60.5 Å². The highest BCUT2D eigenvalue weighted by Gasteiger charge is 2.14. The first kappa shape index (κ1) is 25.1. The lowest BCUT2D eigenvalue weighted by molar-refractivity contribution is -0.125. The van der Waals surface area contributed by atoms with Crippen molar-refractivity contribution in [2.75, 3.05) is 20.8 Å². The summed E-state index contributed by atoms with van der Waals surface area (Å²) in [7, 11) is -0.395. The maximum atomic E-state index is 12.5. The van der Waals surface area contributed by atoms with Gasteiger partial charge in [-0.1, -0.05) is 18.2 Å². The summed E-state index contributed by atoms with van der Waals surface area (Å²) in [5.41, 5.74) is 1.61. The second-order valence-corrected chi connectivity index (χ2v) is 9.19. The molecule has 0 fully saturated rings. The van der Waals surface area contributed by atoms with Crippen LogP contribution in [0.2, 0.25) is 0 Å². The molecule has 0 saturated carbocycles. The number of nitrogens with zero attached hydrogens (tertiary/aromatic N) is 1. The second-order valence-electron chi connectivity index (χ2n) is 7.42. The van der Waals surface area contributed by atoms with Crippen LogP contribution in [-0.4, -0.2) is 40.0 Å². The van der Waals surface area contributed by atoms with Crippen molar-refractivity contribution in [1.82, 2.24) is 9.62 Å². The molecule has 8 nitrogen and oxygen atoms in total. The van der Waals surface area contributed by atoms with E-state index in [4.69, 9.17) is 13.9 Å². The number of sulfonamides is 1. The Morgan fingerprint density at radius 3 is 2.53 bits per heavy atom. The molecule has 3 aromatic rings. The van der Waals surface area contributed by atoms with Crippen LogP contribution in [0, 0.1) is 0 Å². The van der Waals surface area contributed by atoms with E-state index in [2.05, 4.69) is 4.72 Å². The summed E-state index contributed by atoms with van der Waals surface area (Å²) in [6.45, 7) is 2.90. The van der Waals surface area contributed by atoms with Crippen molar-refractivity contribution >= 4 is 22.0 Å². The molecule has 1 amide bonds. The largest absolute Gasteiger partial charge is 0.493 e. The molecule has 0 saturated heterocycles. The van der Waals surface area contributed by atoms with Gasteiger partial charge in [0.1, 0.15) is 5.76 Å². The molecule has 0 atom stereocenters. The van der Waals surface area contributed by atoms with Gasteiger partial charge >= 0.3 is 0 Å². The Bertz CT molecular complexity index is 1220. The fraction of sp³-hybridized carbons (Fsp3) is 0.240. The van der Waals surface area contributed by atoms with Gasteiger partial charge in [-0.15, -0.1) is 0 Å². The summed E-state index contributed by atoms with van der Waals surface area (Å²) in [6.07, 6.45) is 4.58. The highest BCUT2D eigenvalue weighted by Crippen LogP contribution is 2.28. The van der Waals surface area contributed by atoms with Crippen LogP contribution >= 0.6 is 0 Å². The van der Waals surface area contributed by atoms with Gasteiger partial charge in [0.15, 0.2) is 11.5 Å². The van der Waals surface area contributed by atoms with Crippen molar-refractivity contribution in [3.8, 4) is 11.5 Å². The van der Waals surface area contributed by atoms with E-state index in [1.54, 1.807) is 49.4 Å². The molecular formula is C25H28N2O6S. The molecule has 180 valence electrons. The fourth-order valence-electron chi connectivity index (χ4n) is 3.15. The standard InChI is InChI=1S/C25H28N2O6S/c1-4-32-23-13-9-20(16-24(23)31-3)18-27(2)25(28)14-10-19-7-11-22(12-8-19)34(29,30)26-17-21-6-5-15-33-21/h5-16,26H,4,17-18H2,1-3H3/b14-10+. The number of rotatable bonds is 11. The second kappa shape index (κ2) is 11.5. The molecule has 1 N–H and O–H groups in total. The number of amides is 1. The van der Waals surface area contributed by atoms with Crippen LogP contribution in [0.15, 0.2) is 76.2 Å². The van der Waals surface area contributed by atoms with Crippen LogP contribution < -0.4 is 14.2 Å². The SMILES string of the molecule is CCOc1ccc(CN(C)C(=O)/C=C/c2ccc(S(=O)(=O)NCc3ccco3)cc2)cc1OC. The van der Waals surface area contributed by atoms with Crippen molar-refractivity contribution in [1.29, 1.82) is 0 Å². The number of likely N-dealkylation sites (N-methyl/N-ethyl adjacent to an activating group) is 1. The average Bonchev–Trinajstić information content (AvgIpc) is 3.36. The highest BCUT2D eigenvalue weighted by atomic mass is 32.2. The maximum Gasteiger partial charge on any atom is 0.246 e. The minimum absolute atomic E-state index is 0.0675. The number of hydrogen-bond donors (Lipinski definition) is 1. The summed E-state index contributed by atoms with van der Waals surface area (Å²) in [5, 5.41) is 0. The smallest absolute Gasteiger partial charge is 0.246 e. The lowest BCUT2D eigenvalue weighted by atomic mass is 10.2. The van der Waals surface area contributed by atoms with Gasteiger partial charge in [0, 0.05) is 19.7 Å². The van der Waals surface area contributed by atoms with Crippen molar-refractivity contribution in [2.45, 2.75) is 24.9 Å².